The lowest BCUT2D eigenvalue weighted by Crippen LogP contribution is -2.39. The van der Waals surface area contributed by atoms with Crippen molar-refractivity contribution in [1.82, 2.24) is 5.32 Å². The van der Waals surface area contributed by atoms with Crippen molar-refractivity contribution in [2.45, 2.75) is 51.2 Å². The highest BCUT2D eigenvalue weighted by Crippen LogP contribution is 2.26. The van der Waals surface area contributed by atoms with Gasteiger partial charge in [0.1, 0.15) is 0 Å². The van der Waals surface area contributed by atoms with Gasteiger partial charge in [-0.05, 0) is 31.6 Å². The van der Waals surface area contributed by atoms with Crippen molar-refractivity contribution >= 4 is 0 Å². The fourth-order valence-electron chi connectivity index (χ4n) is 2.14. The molecule has 14 heavy (non-hydrogen) atoms. The van der Waals surface area contributed by atoms with E-state index < -0.39 is 6.10 Å². The number of rotatable bonds is 5. The minimum absolute atomic E-state index is 0.142. The third kappa shape index (κ3) is 3.95. The topological polar surface area (TPSA) is 52.5 Å². The van der Waals surface area contributed by atoms with Crippen molar-refractivity contribution in [1.29, 1.82) is 0 Å². The van der Waals surface area contributed by atoms with E-state index >= 15 is 0 Å². The maximum absolute atomic E-state index is 9.17. The molecule has 0 bridgehead atoms. The summed E-state index contributed by atoms with van der Waals surface area (Å²) < 4.78 is 0. The summed E-state index contributed by atoms with van der Waals surface area (Å²) in [6.07, 6.45) is 5.76. The zero-order valence-corrected chi connectivity index (χ0v) is 9.08. The number of hydrogen-bond acceptors (Lipinski definition) is 3. The zero-order valence-electron chi connectivity index (χ0n) is 9.08. The molecule has 0 saturated heterocycles. The lowest BCUT2D eigenvalue weighted by Gasteiger charge is -2.29. The van der Waals surface area contributed by atoms with Crippen LogP contribution in [0.5, 0.6) is 0 Å². The molecule has 3 heteroatoms. The Balaban J connectivity index is 2.10. The van der Waals surface area contributed by atoms with E-state index in [1.807, 2.05) is 0 Å². The second-order valence-corrected chi connectivity index (χ2v) is 4.37. The van der Waals surface area contributed by atoms with Gasteiger partial charge in [-0.1, -0.05) is 13.3 Å². The average Bonchev–Trinajstić information content (AvgIpc) is 2.26. The molecule has 1 fully saturated rings. The molecular weight excluding hydrogens is 178 g/mol. The van der Waals surface area contributed by atoms with Gasteiger partial charge < -0.3 is 15.5 Å². The lowest BCUT2D eigenvalue weighted by atomic mass is 9.84. The van der Waals surface area contributed by atoms with Gasteiger partial charge in [0, 0.05) is 12.6 Å². The highest BCUT2D eigenvalue weighted by molar-refractivity contribution is 4.77. The van der Waals surface area contributed by atoms with Crippen LogP contribution in [0.4, 0.5) is 0 Å². The summed E-state index contributed by atoms with van der Waals surface area (Å²) >= 11 is 0. The summed E-state index contributed by atoms with van der Waals surface area (Å²) in [4.78, 5) is 0. The van der Waals surface area contributed by atoms with Gasteiger partial charge in [0.15, 0.2) is 0 Å². The highest BCUT2D eigenvalue weighted by atomic mass is 16.3. The molecule has 3 N–H and O–H groups in total. The monoisotopic (exact) mass is 201 g/mol. The third-order valence-corrected chi connectivity index (χ3v) is 3.28. The van der Waals surface area contributed by atoms with E-state index in [-0.39, 0.29) is 6.61 Å². The van der Waals surface area contributed by atoms with E-state index in [0.717, 1.165) is 5.92 Å². The van der Waals surface area contributed by atoms with Gasteiger partial charge in [0.25, 0.3) is 0 Å². The number of hydrogen-bond donors (Lipinski definition) is 3. The maximum Gasteiger partial charge on any atom is 0.0895 e. The van der Waals surface area contributed by atoms with Crippen molar-refractivity contribution in [2.75, 3.05) is 13.2 Å². The van der Waals surface area contributed by atoms with Crippen LogP contribution in [-0.2, 0) is 0 Å². The van der Waals surface area contributed by atoms with Crippen LogP contribution in [-0.4, -0.2) is 35.5 Å². The van der Waals surface area contributed by atoms with Crippen molar-refractivity contribution < 1.29 is 10.2 Å². The average molecular weight is 201 g/mol. The summed E-state index contributed by atoms with van der Waals surface area (Å²) in [5.41, 5.74) is 0. The van der Waals surface area contributed by atoms with Crippen molar-refractivity contribution in [3.8, 4) is 0 Å². The first-order chi connectivity index (χ1) is 6.76. The smallest absolute Gasteiger partial charge is 0.0895 e. The fraction of sp³-hybridized carbons (Fsp3) is 1.00. The van der Waals surface area contributed by atoms with E-state index in [9.17, 15) is 5.11 Å². The summed E-state index contributed by atoms with van der Waals surface area (Å²) in [6, 6.07) is 0.555. The van der Waals surface area contributed by atoms with E-state index in [4.69, 9.17) is 5.11 Å². The SMILES string of the molecule is CCC1CCC(NCC(O)CO)CC1. The van der Waals surface area contributed by atoms with Crippen LogP contribution in [0.3, 0.4) is 0 Å². The predicted octanol–water partition coefficient (Wildman–Crippen LogP) is 0.898. The van der Waals surface area contributed by atoms with Crippen LogP contribution in [0.15, 0.2) is 0 Å². The van der Waals surface area contributed by atoms with Gasteiger partial charge in [0.05, 0.1) is 12.7 Å². The first-order valence-electron chi connectivity index (χ1n) is 5.78. The Bertz CT molecular complexity index is 144. The van der Waals surface area contributed by atoms with E-state index in [1.165, 1.54) is 32.1 Å². The molecule has 0 aromatic carbocycles. The Hall–Kier alpha value is -0.120. The molecule has 1 unspecified atom stereocenters. The molecule has 1 aliphatic carbocycles. The van der Waals surface area contributed by atoms with Crippen LogP contribution < -0.4 is 5.32 Å². The van der Waals surface area contributed by atoms with Crippen molar-refractivity contribution in [3.05, 3.63) is 0 Å². The summed E-state index contributed by atoms with van der Waals surface area (Å²) in [5, 5.41) is 21.1. The second-order valence-electron chi connectivity index (χ2n) is 4.37. The Kier molecular flexibility index (Phi) is 5.45. The maximum atomic E-state index is 9.17. The summed E-state index contributed by atoms with van der Waals surface area (Å²) in [6.45, 7) is 2.64. The normalized spacial score (nSPS) is 30.2. The minimum atomic E-state index is -0.598. The third-order valence-electron chi connectivity index (χ3n) is 3.28. The van der Waals surface area contributed by atoms with Gasteiger partial charge in [-0.2, -0.15) is 0 Å². The van der Waals surface area contributed by atoms with E-state index in [2.05, 4.69) is 12.2 Å². The molecule has 0 heterocycles. The first kappa shape index (κ1) is 12.0. The summed E-state index contributed by atoms with van der Waals surface area (Å²) in [7, 11) is 0. The van der Waals surface area contributed by atoms with Crippen LogP contribution in [0.2, 0.25) is 0 Å². The number of aliphatic hydroxyl groups is 2. The predicted molar refractivity (Wildman–Crippen MR) is 57.1 cm³/mol. The molecular formula is C11H23NO2. The fourth-order valence-corrected chi connectivity index (χ4v) is 2.14. The van der Waals surface area contributed by atoms with Crippen molar-refractivity contribution in [2.24, 2.45) is 5.92 Å². The summed E-state index contributed by atoms with van der Waals surface area (Å²) in [5.74, 6) is 0.913. The van der Waals surface area contributed by atoms with Crippen LogP contribution in [0.25, 0.3) is 0 Å². The molecule has 0 aromatic rings. The number of aliphatic hydroxyl groups excluding tert-OH is 2. The molecule has 0 spiro atoms. The zero-order chi connectivity index (χ0) is 10.4. The molecule has 0 aromatic heterocycles. The Labute approximate surface area is 86.5 Å². The van der Waals surface area contributed by atoms with E-state index in [1.54, 1.807) is 0 Å². The molecule has 1 rings (SSSR count). The highest BCUT2D eigenvalue weighted by Gasteiger charge is 2.19. The minimum Gasteiger partial charge on any atom is -0.394 e. The molecule has 0 aliphatic heterocycles. The number of nitrogens with one attached hydrogen (secondary N) is 1. The molecule has 1 atom stereocenters. The van der Waals surface area contributed by atoms with Gasteiger partial charge in [-0.3, -0.25) is 0 Å². The van der Waals surface area contributed by atoms with Crippen molar-refractivity contribution in [3.63, 3.8) is 0 Å². The second kappa shape index (κ2) is 6.38. The lowest BCUT2D eigenvalue weighted by molar-refractivity contribution is 0.0894. The molecule has 0 amide bonds. The molecule has 1 aliphatic rings. The van der Waals surface area contributed by atoms with Gasteiger partial charge in [-0.15, -0.1) is 0 Å². The molecule has 0 radical (unpaired) electrons. The van der Waals surface area contributed by atoms with Crippen LogP contribution in [0, 0.1) is 5.92 Å². The van der Waals surface area contributed by atoms with Gasteiger partial charge in [-0.25, -0.2) is 0 Å². The Morgan fingerprint density at radius 3 is 2.43 bits per heavy atom. The molecule has 3 nitrogen and oxygen atoms in total. The van der Waals surface area contributed by atoms with E-state index in [0.29, 0.717) is 12.6 Å². The molecule has 84 valence electrons. The van der Waals surface area contributed by atoms with Gasteiger partial charge >= 0.3 is 0 Å². The van der Waals surface area contributed by atoms with Crippen LogP contribution >= 0.6 is 0 Å². The first-order valence-corrected chi connectivity index (χ1v) is 5.78. The largest absolute Gasteiger partial charge is 0.394 e. The Morgan fingerprint density at radius 2 is 1.93 bits per heavy atom. The van der Waals surface area contributed by atoms with Gasteiger partial charge in [0.2, 0.25) is 0 Å². The Morgan fingerprint density at radius 1 is 1.29 bits per heavy atom. The molecule has 1 saturated carbocycles. The van der Waals surface area contributed by atoms with Crippen LogP contribution in [0.1, 0.15) is 39.0 Å². The standard InChI is InChI=1S/C11H23NO2/c1-2-9-3-5-10(6-4-9)12-7-11(14)8-13/h9-14H,2-8H2,1H3. The quantitative estimate of drug-likeness (QED) is 0.619.